The number of benzene rings is 3. The number of hydrogen-bond acceptors (Lipinski definition) is 8. The molecule has 2 heterocycles. The van der Waals surface area contributed by atoms with E-state index in [1.54, 1.807) is 31.2 Å². The zero-order valence-electron chi connectivity index (χ0n) is 24.9. The summed E-state index contributed by atoms with van der Waals surface area (Å²) in [5.41, 5.74) is 2.94. The number of carbonyl (C=O) groups is 4. The van der Waals surface area contributed by atoms with E-state index in [0.29, 0.717) is 23.8 Å². The predicted octanol–water partition coefficient (Wildman–Crippen LogP) is 4.30. The van der Waals surface area contributed by atoms with Crippen LogP contribution in [0.15, 0.2) is 78.9 Å². The van der Waals surface area contributed by atoms with E-state index >= 15 is 0 Å². The van der Waals surface area contributed by atoms with Crippen molar-refractivity contribution in [2.24, 2.45) is 5.92 Å². The molecule has 5 rings (SSSR count). The minimum atomic E-state index is -1.82. The second-order valence-corrected chi connectivity index (χ2v) is 10.4. The molecule has 0 unspecified atom stereocenters. The van der Waals surface area contributed by atoms with Gasteiger partial charge in [-0.1, -0.05) is 42.5 Å². The summed E-state index contributed by atoms with van der Waals surface area (Å²) in [5.74, 6) is -2.00. The normalized spacial score (nSPS) is 13.4. The van der Waals surface area contributed by atoms with Crippen molar-refractivity contribution < 1.29 is 38.9 Å². The first kappa shape index (κ1) is 32.7. The Bertz CT molecular complexity index is 1600. The molecule has 1 saturated heterocycles. The van der Waals surface area contributed by atoms with Crippen LogP contribution in [0, 0.1) is 5.92 Å². The molecule has 1 aliphatic rings. The minimum Gasteiger partial charge on any atom is -0.486 e. The van der Waals surface area contributed by atoms with Crippen LogP contribution in [0.3, 0.4) is 0 Å². The third-order valence-corrected chi connectivity index (χ3v) is 7.24. The molecule has 12 nitrogen and oxygen atoms in total. The highest BCUT2D eigenvalue weighted by atomic mass is 16.5. The monoisotopic (exact) mass is 616 g/mol. The molecule has 0 spiro atoms. The lowest BCUT2D eigenvalue weighted by Crippen LogP contribution is -2.40. The molecule has 1 fully saturated rings. The second kappa shape index (κ2) is 16.0. The van der Waals surface area contributed by atoms with Crippen LogP contribution >= 0.6 is 0 Å². The molecule has 1 aliphatic heterocycles. The Morgan fingerprint density at radius 3 is 2.22 bits per heavy atom. The third-order valence-electron chi connectivity index (χ3n) is 7.24. The third kappa shape index (κ3) is 9.38. The number of aromatic nitrogens is 2. The van der Waals surface area contributed by atoms with Gasteiger partial charge in [-0.25, -0.2) is 19.4 Å². The maximum atomic E-state index is 12.8. The number of esters is 1. The average Bonchev–Trinajstić information content (AvgIpc) is 3.39. The molecular formula is C33H36N4O8. The molecule has 4 aromatic rings. The summed E-state index contributed by atoms with van der Waals surface area (Å²) in [5, 5.41) is 17.7. The number of piperidine rings is 1. The highest BCUT2D eigenvalue weighted by Crippen LogP contribution is 2.25. The molecule has 12 heteroatoms. The molecule has 236 valence electrons. The van der Waals surface area contributed by atoms with Crippen LogP contribution in [0.5, 0.6) is 5.75 Å². The van der Waals surface area contributed by atoms with Crippen molar-refractivity contribution in [1.29, 1.82) is 0 Å². The quantitative estimate of drug-likeness (QED) is 0.173. The summed E-state index contributed by atoms with van der Waals surface area (Å²) in [7, 11) is 0. The van der Waals surface area contributed by atoms with Gasteiger partial charge in [0.15, 0.2) is 0 Å². The lowest BCUT2D eigenvalue weighted by Gasteiger charge is -2.32. The van der Waals surface area contributed by atoms with E-state index in [1.165, 1.54) is 0 Å². The van der Waals surface area contributed by atoms with E-state index in [-0.39, 0.29) is 19.1 Å². The molecule has 0 atom stereocenters. The summed E-state index contributed by atoms with van der Waals surface area (Å²) < 4.78 is 13.4. The Balaban J connectivity index is 0.000000700. The van der Waals surface area contributed by atoms with Gasteiger partial charge in [-0.15, -0.1) is 0 Å². The number of carbonyl (C=O) groups excluding carboxylic acids is 2. The van der Waals surface area contributed by atoms with Crippen LogP contribution in [-0.2, 0) is 32.3 Å². The topological polar surface area (TPSA) is 160 Å². The van der Waals surface area contributed by atoms with Gasteiger partial charge in [-0.05, 0) is 75.2 Å². The number of nitrogens with one attached hydrogen (secondary N) is 1. The number of carboxylic acid groups (broad SMARTS) is 2. The number of hydrogen-bond donors (Lipinski definition) is 3. The van der Waals surface area contributed by atoms with Crippen molar-refractivity contribution in [2.45, 2.75) is 32.9 Å². The summed E-state index contributed by atoms with van der Waals surface area (Å²) in [6.45, 7) is 5.27. The maximum Gasteiger partial charge on any atom is 0.414 e. The van der Waals surface area contributed by atoms with Gasteiger partial charge >= 0.3 is 17.9 Å². The molecule has 0 saturated carbocycles. The number of imidazole rings is 1. The number of fused-ring (bicyclic) bond motifs is 1. The number of amides is 1. The molecule has 1 aromatic heterocycles. The molecule has 0 radical (unpaired) electrons. The van der Waals surface area contributed by atoms with Crippen molar-refractivity contribution in [1.82, 2.24) is 14.5 Å². The van der Waals surface area contributed by atoms with Gasteiger partial charge in [0.05, 0.1) is 35.4 Å². The zero-order chi connectivity index (χ0) is 32.2. The van der Waals surface area contributed by atoms with Gasteiger partial charge in [0.2, 0.25) is 5.91 Å². The Morgan fingerprint density at radius 2 is 1.53 bits per heavy atom. The van der Waals surface area contributed by atoms with Crippen LogP contribution in [0.4, 0.5) is 5.69 Å². The van der Waals surface area contributed by atoms with Gasteiger partial charge in [0, 0.05) is 6.54 Å². The van der Waals surface area contributed by atoms with Crippen LogP contribution in [-0.4, -0.2) is 74.7 Å². The minimum absolute atomic E-state index is 0.133. The molecule has 45 heavy (non-hydrogen) atoms. The van der Waals surface area contributed by atoms with Crippen molar-refractivity contribution >= 4 is 40.5 Å². The number of aliphatic carboxylic acids is 2. The summed E-state index contributed by atoms with van der Waals surface area (Å²) >= 11 is 0. The largest absolute Gasteiger partial charge is 0.486 e. The van der Waals surface area contributed by atoms with Gasteiger partial charge < -0.3 is 29.6 Å². The first-order valence-electron chi connectivity index (χ1n) is 14.6. The average molecular weight is 617 g/mol. The van der Waals surface area contributed by atoms with Crippen molar-refractivity contribution in [2.75, 3.05) is 31.6 Å². The standard InChI is InChI=1S/C31H34N4O4.C2H2O4/c1-2-38-31(37)25-12-6-7-13-26(25)33-30(36)21-34-18-16-23(17-19-34)20-35-28-15-9-8-14-27(28)32-29(35)22-39-24-10-4-3-5-11-24;3-1(4)2(5)6/h3-15,23H,2,16-22H2,1H3,(H,33,36);(H,3,4)(H,5,6). The van der Waals surface area contributed by atoms with E-state index in [2.05, 4.69) is 20.9 Å². The number of rotatable bonds is 10. The lowest BCUT2D eigenvalue weighted by molar-refractivity contribution is -0.159. The van der Waals surface area contributed by atoms with Crippen LogP contribution < -0.4 is 10.1 Å². The number of carboxylic acids is 2. The van der Waals surface area contributed by atoms with Gasteiger partial charge in [0.1, 0.15) is 18.2 Å². The van der Waals surface area contributed by atoms with Crippen molar-refractivity contribution in [3.63, 3.8) is 0 Å². The van der Waals surface area contributed by atoms with E-state index in [4.69, 9.17) is 34.3 Å². The van der Waals surface area contributed by atoms with Crippen molar-refractivity contribution in [3.8, 4) is 5.75 Å². The number of para-hydroxylation sites is 4. The van der Waals surface area contributed by atoms with Gasteiger partial charge in [-0.3, -0.25) is 9.69 Å². The highest BCUT2D eigenvalue weighted by molar-refractivity contribution is 6.27. The Labute approximate surface area is 260 Å². The van der Waals surface area contributed by atoms with E-state index in [0.717, 1.165) is 55.1 Å². The molecule has 3 N–H and O–H groups in total. The number of likely N-dealkylation sites (tertiary alicyclic amines) is 1. The van der Waals surface area contributed by atoms with E-state index in [9.17, 15) is 9.59 Å². The fraction of sp³-hybridized carbons (Fsp3) is 0.303. The fourth-order valence-electron chi connectivity index (χ4n) is 5.06. The van der Waals surface area contributed by atoms with Crippen LogP contribution in [0.1, 0.15) is 35.9 Å². The molecule has 1 amide bonds. The van der Waals surface area contributed by atoms with E-state index < -0.39 is 17.9 Å². The van der Waals surface area contributed by atoms with Crippen LogP contribution in [0.25, 0.3) is 11.0 Å². The number of anilines is 1. The van der Waals surface area contributed by atoms with Crippen molar-refractivity contribution in [3.05, 3.63) is 90.3 Å². The summed E-state index contributed by atoms with van der Waals surface area (Å²) in [6.07, 6.45) is 1.97. The van der Waals surface area contributed by atoms with E-state index in [1.807, 2.05) is 48.5 Å². The first-order chi connectivity index (χ1) is 21.7. The molecule has 0 bridgehead atoms. The molecule has 0 aliphatic carbocycles. The summed E-state index contributed by atoms with van der Waals surface area (Å²) in [6, 6.07) is 25.0. The highest BCUT2D eigenvalue weighted by Gasteiger charge is 2.24. The second-order valence-electron chi connectivity index (χ2n) is 10.4. The molecular weight excluding hydrogens is 580 g/mol. The SMILES string of the molecule is CCOC(=O)c1ccccc1NC(=O)CN1CCC(Cn2c(COc3ccccc3)nc3ccccc32)CC1.O=C(O)C(=O)O. The zero-order valence-corrected chi connectivity index (χ0v) is 24.9. The Kier molecular flexibility index (Phi) is 11.6. The summed E-state index contributed by atoms with van der Waals surface area (Å²) in [4.78, 5) is 50.3. The molecule has 3 aromatic carbocycles. The predicted molar refractivity (Wildman–Crippen MR) is 166 cm³/mol. The van der Waals surface area contributed by atoms with Crippen LogP contribution in [0.2, 0.25) is 0 Å². The lowest BCUT2D eigenvalue weighted by atomic mass is 9.96. The van der Waals surface area contributed by atoms with Gasteiger partial charge in [-0.2, -0.15) is 0 Å². The first-order valence-corrected chi connectivity index (χ1v) is 14.6. The fourth-order valence-corrected chi connectivity index (χ4v) is 5.06. The Hall–Kier alpha value is -5.23. The number of nitrogens with zero attached hydrogens (tertiary/aromatic N) is 3. The smallest absolute Gasteiger partial charge is 0.414 e. The Morgan fingerprint density at radius 1 is 0.889 bits per heavy atom. The maximum absolute atomic E-state index is 12.8. The van der Waals surface area contributed by atoms with Gasteiger partial charge in [0.25, 0.3) is 0 Å². The number of ether oxygens (including phenoxy) is 2.